The van der Waals surface area contributed by atoms with E-state index in [2.05, 4.69) is 4.98 Å². The maximum Gasteiger partial charge on any atom is 0.355 e. The molecular weight excluding hydrogens is 310 g/mol. The maximum atomic E-state index is 11.4. The van der Waals surface area contributed by atoms with Crippen molar-refractivity contribution in [1.29, 1.82) is 0 Å². The van der Waals surface area contributed by atoms with E-state index >= 15 is 0 Å². The predicted octanol–water partition coefficient (Wildman–Crippen LogP) is 4.62. The van der Waals surface area contributed by atoms with Gasteiger partial charge in [-0.1, -0.05) is 31.2 Å². The Balaban J connectivity index is 2.21. The number of carbonyl (C=O) groups is 1. The topological polar surface area (TPSA) is 59.4 Å². The fraction of sp³-hybridized carbons (Fsp3) is 0.222. The van der Waals surface area contributed by atoms with Crippen molar-refractivity contribution in [2.75, 3.05) is 6.61 Å². The molecule has 0 amide bonds. The third-order valence-corrected chi connectivity index (χ3v) is 4.87. The first-order valence-electron chi connectivity index (χ1n) is 7.53. The zero-order chi connectivity index (χ0) is 16.4. The van der Waals surface area contributed by atoms with Crippen molar-refractivity contribution in [1.82, 2.24) is 4.98 Å². The van der Waals surface area contributed by atoms with Gasteiger partial charge in [-0.2, -0.15) is 0 Å². The molecule has 2 aromatic carbocycles. The summed E-state index contributed by atoms with van der Waals surface area (Å²) in [5, 5.41) is 12.1. The Morgan fingerprint density at radius 3 is 2.52 bits per heavy atom. The summed E-state index contributed by atoms with van der Waals surface area (Å²) in [6.45, 7) is 4.50. The second-order valence-electron chi connectivity index (χ2n) is 5.04. The standard InChI is InChI=1S/C18H17NO3S/c1-3-15-16(18(20)21)19-17(23-15)13-9-10-14(22-4-2)12-8-6-5-7-11(12)13/h5-10H,3-4H2,1-2H3,(H,20,21). The predicted molar refractivity (Wildman–Crippen MR) is 92.6 cm³/mol. The molecule has 3 aromatic rings. The number of nitrogens with zero attached hydrogens (tertiary/aromatic N) is 1. The Hall–Kier alpha value is -2.40. The minimum atomic E-state index is -0.973. The fourth-order valence-electron chi connectivity index (χ4n) is 2.61. The van der Waals surface area contributed by atoms with Crippen molar-refractivity contribution < 1.29 is 14.6 Å². The van der Waals surface area contributed by atoms with E-state index in [9.17, 15) is 9.90 Å². The number of aromatic carboxylic acids is 1. The van der Waals surface area contributed by atoms with E-state index < -0.39 is 5.97 Å². The van der Waals surface area contributed by atoms with Gasteiger partial charge in [0.05, 0.1) is 6.61 Å². The Morgan fingerprint density at radius 2 is 1.91 bits per heavy atom. The molecule has 0 aliphatic carbocycles. The molecule has 5 heteroatoms. The van der Waals surface area contributed by atoms with Crippen LogP contribution in [0.2, 0.25) is 0 Å². The summed E-state index contributed by atoms with van der Waals surface area (Å²) in [6, 6.07) is 11.8. The maximum absolute atomic E-state index is 11.4. The minimum Gasteiger partial charge on any atom is -0.493 e. The summed E-state index contributed by atoms with van der Waals surface area (Å²) in [5.74, 6) is -0.142. The van der Waals surface area contributed by atoms with E-state index in [1.54, 1.807) is 0 Å². The van der Waals surface area contributed by atoms with Gasteiger partial charge in [0.15, 0.2) is 5.69 Å². The molecule has 0 radical (unpaired) electrons. The lowest BCUT2D eigenvalue weighted by Crippen LogP contribution is -2.00. The van der Waals surface area contributed by atoms with Crippen LogP contribution in [0.1, 0.15) is 29.2 Å². The van der Waals surface area contributed by atoms with E-state index in [4.69, 9.17) is 4.74 Å². The van der Waals surface area contributed by atoms with Gasteiger partial charge in [-0.15, -0.1) is 11.3 Å². The summed E-state index contributed by atoms with van der Waals surface area (Å²) in [7, 11) is 0. The molecule has 4 nitrogen and oxygen atoms in total. The molecule has 1 N–H and O–H groups in total. The highest BCUT2D eigenvalue weighted by atomic mass is 32.1. The summed E-state index contributed by atoms with van der Waals surface area (Å²) in [6.07, 6.45) is 0.661. The van der Waals surface area contributed by atoms with Crippen LogP contribution >= 0.6 is 11.3 Å². The number of fused-ring (bicyclic) bond motifs is 1. The first kappa shape index (κ1) is 15.5. The molecule has 1 aromatic heterocycles. The number of carboxylic acids is 1. The molecular formula is C18H17NO3S. The van der Waals surface area contributed by atoms with E-state index in [1.165, 1.54) is 11.3 Å². The lowest BCUT2D eigenvalue weighted by Gasteiger charge is -2.10. The van der Waals surface area contributed by atoms with Gasteiger partial charge in [-0.05, 0) is 30.9 Å². The van der Waals surface area contributed by atoms with Crippen LogP contribution < -0.4 is 4.74 Å². The number of thiazole rings is 1. The molecule has 0 atom stereocenters. The second-order valence-corrected chi connectivity index (χ2v) is 6.12. The average molecular weight is 327 g/mol. The van der Waals surface area contributed by atoms with Gasteiger partial charge in [0.2, 0.25) is 0 Å². The Morgan fingerprint density at radius 1 is 1.17 bits per heavy atom. The van der Waals surface area contributed by atoms with Gasteiger partial charge in [-0.3, -0.25) is 0 Å². The number of rotatable bonds is 5. The van der Waals surface area contributed by atoms with Crippen LogP contribution in [0.15, 0.2) is 36.4 Å². The lowest BCUT2D eigenvalue weighted by atomic mass is 10.0. The number of ether oxygens (including phenoxy) is 1. The molecule has 0 saturated carbocycles. The highest BCUT2D eigenvalue weighted by Crippen LogP contribution is 2.37. The third-order valence-electron chi connectivity index (χ3n) is 3.64. The van der Waals surface area contributed by atoms with Crippen molar-refractivity contribution >= 4 is 28.1 Å². The average Bonchev–Trinajstić information content (AvgIpc) is 3.00. The normalized spacial score (nSPS) is 10.9. The molecule has 0 bridgehead atoms. The first-order chi connectivity index (χ1) is 11.2. The van der Waals surface area contributed by atoms with Crippen molar-refractivity contribution in [2.24, 2.45) is 0 Å². The monoisotopic (exact) mass is 327 g/mol. The summed E-state index contributed by atoms with van der Waals surface area (Å²) in [4.78, 5) is 16.5. The van der Waals surface area contributed by atoms with Crippen LogP contribution in [0.3, 0.4) is 0 Å². The first-order valence-corrected chi connectivity index (χ1v) is 8.35. The van der Waals surface area contributed by atoms with Crippen LogP contribution in [0.25, 0.3) is 21.3 Å². The van der Waals surface area contributed by atoms with Crippen LogP contribution in [-0.4, -0.2) is 22.7 Å². The molecule has 23 heavy (non-hydrogen) atoms. The van der Waals surface area contributed by atoms with Gasteiger partial charge in [-0.25, -0.2) is 9.78 Å². The van der Waals surface area contributed by atoms with Crippen molar-refractivity contribution in [3.63, 3.8) is 0 Å². The molecule has 0 unspecified atom stereocenters. The fourth-order valence-corrected chi connectivity index (χ4v) is 3.65. The molecule has 0 saturated heterocycles. The Kier molecular flexibility index (Phi) is 4.30. The van der Waals surface area contributed by atoms with Gasteiger partial charge >= 0.3 is 5.97 Å². The zero-order valence-electron chi connectivity index (χ0n) is 13.0. The van der Waals surface area contributed by atoms with Gasteiger partial charge in [0.1, 0.15) is 10.8 Å². The van der Waals surface area contributed by atoms with E-state index in [-0.39, 0.29) is 5.69 Å². The van der Waals surface area contributed by atoms with Crippen LogP contribution in [0, 0.1) is 0 Å². The van der Waals surface area contributed by atoms with E-state index in [0.29, 0.717) is 13.0 Å². The van der Waals surface area contributed by atoms with Gasteiger partial charge in [0.25, 0.3) is 0 Å². The molecule has 0 fully saturated rings. The minimum absolute atomic E-state index is 0.158. The smallest absolute Gasteiger partial charge is 0.355 e. The molecule has 1 heterocycles. The molecule has 0 spiro atoms. The summed E-state index contributed by atoms with van der Waals surface area (Å²) in [5.41, 5.74) is 1.10. The van der Waals surface area contributed by atoms with Crippen molar-refractivity contribution in [3.8, 4) is 16.3 Å². The molecule has 0 aliphatic rings. The Bertz CT molecular complexity index is 870. The van der Waals surface area contributed by atoms with Crippen molar-refractivity contribution in [3.05, 3.63) is 47.0 Å². The number of carboxylic acid groups (broad SMARTS) is 1. The van der Waals surface area contributed by atoms with Gasteiger partial charge in [0, 0.05) is 15.8 Å². The zero-order valence-corrected chi connectivity index (χ0v) is 13.8. The third kappa shape index (κ3) is 2.80. The SMILES string of the molecule is CCOc1ccc(-c2nc(C(=O)O)c(CC)s2)c2ccccc12. The number of aromatic nitrogens is 1. The van der Waals surface area contributed by atoms with Crippen LogP contribution in [-0.2, 0) is 6.42 Å². The summed E-state index contributed by atoms with van der Waals surface area (Å²) >= 11 is 1.44. The summed E-state index contributed by atoms with van der Waals surface area (Å²) < 4.78 is 5.69. The number of aryl methyl sites for hydroxylation is 1. The van der Waals surface area contributed by atoms with Gasteiger partial charge < -0.3 is 9.84 Å². The quantitative estimate of drug-likeness (QED) is 0.742. The highest BCUT2D eigenvalue weighted by molar-refractivity contribution is 7.15. The second kappa shape index (κ2) is 6.38. The van der Waals surface area contributed by atoms with E-state index in [1.807, 2.05) is 50.2 Å². The molecule has 118 valence electrons. The molecule has 0 aliphatic heterocycles. The van der Waals surface area contributed by atoms with Crippen LogP contribution in [0.5, 0.6) is 5.75 Å². The number of hydrogen-bond donors (Lipinski definition) is 1. The largest absolute Gasteiger partial charge is 0.493 e. The number of benzene rings is 2. The molecule has 3 rings (SSSR count). The number of hydrogen-bond acceptors (Lipinski definition) is 4. The lowest BCUT2D eigenvalue weighted by molar-refractivity contribution is 0.0690. The van der Waals surface area contributed by atoms with E-state index in [0.717, 1.165) is 32.0 Å². The van der Waals surface area contributed by atoms with Crippen molar-refractivity contribution in [2.45, 2.75) is 20.3 Å². The Labute approximate surface area is 138 Å². The highest BCUT2D eigenvalue weighted by Gasteiger charge is 2.18. The van der Waals surface area contributed by atoms with Crippen LogP contribution in [0.4, 0.5) is 0 Å².